The third-order valence-electron chi connectivity index (χ3n) is 6.68. The van der Waals surface area contributed by atoms with Crippen LogP contribution >= 0.6 is 0 Å². The number of ether oxygens (including phenoxy) is 2. The van der Waals surface area contributed by atoms with E-state index in [9.17, 15) is 4.79 Å². The zero-order chi connectivity index (χ0) is 25.1. The molecule has 4 aromatic rings. The van der Waals surface area contributed by atoms with Crippen LogP contribution < -0.4 is 15.8 Å². The minimum atomic E-state index is -0.201. The van der Waals surface area contributed by atoms with Crippen molar-refractivity contribution in [3.63, 3.8) is 0 Å². The number of nitrogens with two attached hydrogens (primary N) is 1. The Bertz CT molecular complexity index is 1360. The molecule has 1 aliphatic carbocycles. The van der Waals surface area contributed by atoms with Crippen molar-refractivity contribution in [3.05, 3.63) is 48.4 Å². The largest absolute Gasteiger partial charge is 0.481 e. The number of nitrogens with zero attached hydrogens (tertiary/aromatic N) is 7. The zero-order valence-corrected chi connectivity index (χ0v) is 20.3. The minimum absolute atomic E-state index is 0.0503. The molecule has 1 fully saturated rings. The van der Waals surface area contributed by atoms with E-state index in [1.165, 1.54) is 6.33 Å². The second kappa shape index (κ2) is 10.3. The summed E-state index contributed by atoms with van der Waals surface area (Å²) >= 11 is 0. The molecule has 3 N–H and O–H groups in total. The third-order valence-corrected chi connectivity index (χ3v) is 6.68. The number of fused-ring (bicyclic) bond motifs is 1. The molecule has 0 spiro atoms. The summed E-state index contributed by atoms with van der Waals surface area (Å²) in [4.78, 5) is 21.7. The quantitative estimate of drug-likeness (QED) is 0.378. The van der Waals surface area contributed by atoms with Crippen molar-refractivity contribution in [1.82, 2.24) is 39.7 Å². The highest BCUT2D eigenvalue weighted by molar-refractivity contribution is 6.05. The molecule has 12 nitrogen and oxygen atoms in total. The molecule has 188 valence electrons. The summed E-state index contributed by atoms with van der Waals surface area (Å²) in [7, 11) is 3.24. The summed E-state index contributed by atoms with van der Waals surface area (Å²) in [6, 6.07) is 5.45. The maximum atomic E-state index is 13.4. The summed E-state index contributed by atoms with van der Waals surface area (Å²) in [5.41, 5.74) is 8.58. The van der Waals surface area contributed by atoms with Crippen LogP contribution in [-0.2, 0) is 11.3 Å². The number of rotatable bonds is 8. The van der Waals surface area contributed by atoms with Gasteiger partial charge in [-0.25, -0.2) is 14.5 Å². The number of amides is 1. The summed E-state index contributed by atoms with van der Waals surface area (Å²) in [5.74, 6) is 1.79. The third kappa shape index (κ3) is 4.59. The molecule has 1 saturated carbocycles. The Labute approximate surface area is 207 Å². The molecule has 0 aliphatic heterocycles. The van der Waals surface area contributed by atoms with Gasteiger partial charge < -0.3 is 25.1 Å². The average Bonchev–Trinajstić information content (AvgIpc) is 3.54. The Morgan fingerprint density at radius 2 is 2.03 bits per heavy atom. The Morgan fingerprint density at radius 3 is 2.81 bits per heavy atom. The number of hydrogen-bond donors (Lipinski definition) is 2. The fourth-order valence-corrected chi connectivity index (χ4v) is 4.83. The van der Waals surface area contributed by atoms with Crippen LogP contribution in [0.2, 0.25) is 0 Å². The molecule has 5 rings (SSSR count). The highest BCUT2D eigenvalue weighted by Crippen LogP contribution is 2.33. The highest BCUT2D eigenvalue weighted by Gasteiger charge is 2.28. The Hall–Kier alpha value is -4.06. The van der Waals surface area contributed by atoms with Crippen molar-refractivity contribution in [3.8, 4) is 17.1 Å². The molecule has 1 aliphatic rings. The van der Waals surface area contributed by atoms with Gasteiger partial charge in [-0.3, -0.25) is 4.79 Å². The number of hydrogen-bond acceptors (Lipinski definition) is 9. The molecule has 0 saturated heterocycles. The molecule has 0 unspecified atom stereocenters. The van der Waals surface area contributed by atoms with Crippen LogP contribution in [0.4, 0.5) is 5.82 Å². The van der Waals surface area contributed by atoms with Crippen LogP contribution in [0, 0.1) is 0 Å². The molecule has 0 bridgehead atoms. The SMILES string of the molecule is COCCn1cnnc1C1CCC(NC(=O)c2cc(-c3ccnc(OC)c3)n3ncnc(N)c23)CC1. The Morgan fingerprint density at radius 1 is 1.19 bits per heavy atom. The van der Waals surface area contributed by atoms with Crippen LogP contribution in [0.3, 0.4) is 0 Å². The van der Waals surface area contributed by atoms with Gasteiger partial charge in [0.05, 0.1) is 25.0 Å². The molecular formula is C24H29N9O3. The van der Waals surface area contributed by atoms with E-state index in [1.807, 2.05) is 6.07 Å². The second-order valence-corrected chi connectivity index (χ2v) is 8.83. The van der Waals surface area contributed by atoms with Gasteiger partial charge in [0.1, 0.15) is 24.0 Å². The van der Waals surface area contributed by atoms with Gasteiger partial charge in [-0.2, -0.15) is 5.10 Å². The number of anilines is 1. The predicted octanol–water partition coefficient (Wildman–Crippen LogP) is 2.08. The van der Waals surface area contributed by atoms with Crippen LogP contribution in [0.5, 0.6) is 5.88 Å². The van der Waals surface area contributed by atoms with E-state index < -0.39 is 0 Å². The number of carbonyl (C=O) groups excluding carboxylic acids is 1. The van der Waals surface area contributed by atoms with Crippen molar-refractivity contribution in [2.24, 2.45) is 0 Å². The van der Waals surface area contributed by atoms with E-state index >= 15 is 0 Å². The van der Waals surface area contributed by atoms with E-state index in [4.69, 9.17) is 15.2 Å². The second-order valence-electron chi connectivity index (χ2n) is 8.83. The normalized spacial score (nSPS) is 17.8. The number of methoxy groups -OCH3 is 2. The minimum Gasteiger partial charge on any atom is -0.481 e. The number of nitrogen functional groups attached to an aromatic ring is 1. The van der Waals surface area contributed by atoms with E-state index in [1.54, 1.807) is 43.4 Å². The average molecular weight is 492 g/mol. The molecule has 0 aromatic carbocycles. The van der Waals surface area contributed by atoms with Gasteiger partial charge in [-0.05, 0) is 37.8 Å². The molecule has 0 atom stereocenters. The monoisotopic (exact) mass is 491 g/mol. The van der Waals surface area contributed by atoms with Gasteiger partial charge in [0.2, 0.25) is 5.88 Å². The maximum Gasteiger partial charge on any atom is 0.253 e. The van der Waals surface area contributed by atoms with Crippen molar-refractivity contribution in [1.29, 1.82) is 0 Å². The first-order valence-corrected chi connectivity index (χ1v) is 11.9. The number of carbonyl (C=O) groups is 1. The van der Waals surface area contributed by atoms with E-state index in [0.29, 0.717) is 35.2 Å². The van der Waals surface area contributed by atoms with Crippen molar-refractivity contribution < 1.29 is 14.3 Å². The number of pyridine rings is 1. The van der Waals surface area contributed by atoms with Gasteiger partial charge >= 0.3 is 0 Å². The molecular weight excluding hydrogens is 462 g/mol. The van der Waals surface area contributed by atoms with Crippen LogP contribution in [0.15, 0.2) is 37.1 Å². The van der Waals surface area contributed by atoms with Crippen molar-refractivity contribution in [2.75, 3.05) is 26.6 Å². The lowest BCUT2D eigenvalue weighted by Crippen LogP contribution is -2.37. The van der Waals surface area contributed by atoms with Crippen LogP contribution in [-0.4, -0.2) is 67.1 Å². The molecule has 36 heavy (non-hydrogen) atoms. The number of aromatic nitrogens is 7. The maximum absolute atomic E-state index is 13.4. The highest BCUT2D eigenvalue weighted by atomic mass is 16.5. The van der Waals surface area contributed by atoms with Crippen LogP contribution in [0.25, 0.3) is 16.8 Å². The lowest BCUT2D eigenvalue weighted by atomic mass is 9.85. The topological polar surface area (TPSA) is 147 Å². The molecule has 0 radical (unpaired) electrons. The molecule has 4 heterocycles. The summed E-state index contributed by atoms with van der Waals surface area (Å²) in [6.45, 7) is 1.34. The summed E-state index contributed by atoms with van der Waals surface area (Å²) < 4.78 is 14.1. The molecule has 12 heteroatoms. The smallest absolute Gasteiger partial charge is 0.253 e. The Kier molecular flexibility index (Phi) is 6.76. The van der Waals surface area contributed by atoms with Gasteiger partial charge in [-0.1, -0.05) is 0 Å². The summed E-state index contributed by atoms with van der Waals surface area (Å²) in [6.07, 6.45) is 8.30. The van der Waals surface area contributed by atoms with Crippen LogP contribution in [0.1, 0.15) is 47.8 Å². The van der Waals surface area contributed by atoms with Gasteiger partial charge in [-0.15, -0.1) is 10.2 Å². The fourth-order valence-electron chi connectivity index (χ4n) is 4.83. The predicted molar refractivity (Wildman–Crippen MR) is 132 cm³/mol. The van der Waals surface area contributed by atoms with E-state index in [-0.39, 0.29) is 17.8 Å². The summed E-state index contributed by atoms with van der Waals surface area (Å²) in [5, 5.41) is 16.0. The van der Waals surface area contributed by atoms with Crippen molar-refractivity contribution in [2.45, 2.75) is 44.2 Å². The first-order chi connectivity index (χ1) is 17.6. The van der Waals surface area contributed by atoms with Crippen molar-refractivity contribution >= 4 is 17.2 Å². The molecule has 1 amide bonds. The first-order valence-electron chi connectivity index (χ1n) is 11.9. The lowest BCUT2D eigenvalue weighted by Gasteiger charge is -2.28. The lowest BCUT2D eigenvalue weighted by molar-refractivity contribution is 0.0927. The standard InChI is InChI=1S/C24H29N9O3/c1-35-10-9-32-14-28-31-23(32)15-3-5-17(6-4-15)30-24(34)18-12-19(16-7-8-26-20(11-16)36-2)33-21(18)22(25)27-13-29-33/h7-8,11-15,17H,3-6,9-10H2,1-2H3,(H,30,34)(H2,25,27,29). The van der Waals surface area contributed by atoms with E-state index in [0.717, 1.165) is 43.6 Å². The fraction of sp³-hybridized carbons (Fsp3) is 0.417. The number of nitrogens with one attached hydrogen (secondary N) is 1. The van der Waals surface area contributed by atoms with Gasteiger partial charge in [0, 0.05) is 43.4 Å². The zero-order valence-electron chi connectivity index (χ0n) is 20.3. The molecule has 4 aromatic heterocycles. The first kappa shape index (κ1) is 23.7. The Balaban J connectivity index is 1.33. The van der Waals surface area contributed by atoms with Gasteiger partial charge in [0.15, 0.2) is 5.82 Å². The van der Waals surface area contributed by atoms with E-state index in [2.05, 4.69) is 35.1 Å². The van der Waals surface area contributed by atoms with Gasteiger partial charge in [0.25, 0.3) is 5.91 Å².